The van der Waals surface area contributed by atoms with Gasteiger partial charge in [-0.3, -0.25) is 0 Å². The third-order valence-electron chi connectivity index (χ3n) is 1.87. The fraction of sp³-hybridized carbons (Fsp3) is 0.333. The van der Waals surface area contributed by atoms with E-state index in [1.807, 2.05) is 0 Å². The van der Waals surface area contributed by atoms with E-state index in [0.717, 1.165) is 0 Å². The maximum absolute atomic E-state index is 12.9. The van der Waals surface area contributed by atoms with E-state index in [2.05, 4.69) is 0 Å². The smallest absolute Gasteiger partial charge is 0.289 e. The minimum Gasteiger partial charge on any atom is -0.390 e. The molecule has 1 aromatic rings. The van der Waals surface area contributed by atoms with Gasteiger partial charge in [-0.25, -0.2) is 8.78 Å². The molecule has 0 fully saturated rings. The van der Waals surface area contributed by atoms with Crippen LogP contribution in [0.15, 0.2) is 24.3 Å². The molecule has 78 valence electrons. The van der Waals surface area contributed by atoms with Gasteiger partial charge in [0.25, 0.3) is 5.92 Å². The van der Waals surface area contributed by atoms with E-state index in [-0.39, 0.29) is 5.56 Å². The predicted octanol–water partition coefficient (Wildman–Crippen LogP) is 1.97. The third-order valence-corrected chi connectivity index (χ3v) is 2.11. The Morgan fingerprint density at radius 3 is 2.64 bits per heavy atom. The maximum Gasteiger partial charge on any atom is 0.289 e. The molecule has 0 heterocycles. The van der Waals surface area contributed by atoms with Crippen molar-refractivity contribution >= 4 is 11.6 Å². The summed E-state index contributed by atoms with van der Waals surface area (Å²) in [4.78, 5) is 0. The molecule has 3 N–H and O–H groups in total. The van der Waals surface area contributed by atoms with E-state index in [9.17, 15) is 8.78 Å². The summed E-state index contributed by atoms with van der Waals surface area (Å²) in [6.07, 6.45) is 0. The second kappa shape index (κ2) is 4.21. The first-order chi connectivity index (χ1) is 6.47. The zero-order valence-corrected chi connectivity index (χ0v) is 8.01. The Morgan fingerprint density at radius 2 is 2.14 bits per heavy atom. The molecule has 0 spiro atoms. The van der Waals surface area contributed by atoms with E-state index >= 15 is 0 Å². The fourth-order valence-electron chi connectivity index (χ4n) is 1.04. The quantitative estimate of drug-likeness (QED) is 0.820. The monoisotopic (exact) mass is 221 g/mol. The average Bonchev–Trinajstić information content (AvgIpc) is 2.16. The maximum atomic E-state index is 12.9. The van der Waals surface area contributed by atoms with Crippen LogP contribution in [0.1, 0.15) is 11.6 Å². The number of nitrogens with two attached hydrogens (primary N) is 1. The van der Waals surface area contributed by atoms with Crippen molar-refractivity contribution in [1.82, 2.24) is 0 Å². The lowest BCUT2D eigenvalue weighted by Crippen LogP contribution is -2.36. The van der Waals surface area contributed by atoms with E-state index in [0.29, 0.717) is 5.02 Å². The number of alkyl halides is 2. The van der Waals surface area contributed by atoms with Gasteiger partial charge in [-0.15, -0.1) is 0 Å². The molecule has 0 unspecified atom stereocenters. The highest BCUT2D eigenvalue weighted by Gasteiger charge is 2.37. The van der Waals surface area contributed by atoms with Crippen LogP contribution in [-0.2, 0) is 0 Å². The van der Waals surface area contributed by atoms with Crippen molar-refractivity contribution in [2.75, 3.05) is 6.61 Å². The summed E-state index contributed by atoms with van der Waals surface area (Å²) in [5.41, 5.74) is 5.49. The predicted molar refractivity (Wildman–Crippen MR) is 50.4 cm³/mol. The molecule has 0 aliphatic heterocycles. The van der Waals surface area contributed by atoms with Crippen LogP contribution in [0.3, 0.4) is 0 Å². The molecule has 1 atom stereocenters. The zero-order chi connectivity index (χ0) is 10.8. The van der Waals surface area contributed by atoms with Gasteiger partial charge in [0.05, 0.1) is 6.04 Å². The van der Waals surface area contributed by atoms with Crippen LogP contribution in [0, 0.1) is 0 Å². The Bertz CT molecular complexity index is 319. The fourth-order valence-corrected chi connectivity index (χ4v) is 1.24. The Labute approximate surface area is 85.3 Å². The normalized spacial score (nSPS) is 14.1. The average molecular weight is 222 g/mol. The lowest BCUT2D eigenvalue weighted by molar-refractivity contribution is -0.0711. The molecular weight excluding hydrogens is 212 g/mol. The minimum atomic E-state index is -3.33. The molecule has 1 aromatic carbocycles. The standard InChI is InChI=1S/C9H10ClF2NO/c10-7-3-1-2-6(4-7)8(13)9(11,12)5-14/h1-4,8,14H,5,13H2/t8-/m0/s1. The third kappa shape index (κ3) is 2.41. The molecule has 0 aromatic heterocycles. The van der Waals surface area contributed by atoms with Crippen molar-refractivity contribution in [3.63, 3.8) is 0 Å². The largest absolute Gasteiger partial charge is 0.390 e. The molecule has 0 aliphatic carbocycles. The first-order valence-corrected chi connectivity index (χ1v) is 4.35. The van der Waals surface area contributed by atoms with Gasteiger partial charge in [0, 0.05) is 5.02 Å². The molecule has 14 heavy (non-hydrogen) atoms. The Balaban J connectivity index is 2.94. The van der Waals surface area contributed by atoms with Crippen LogP contribution in [-0.4, -0.2) is 17.6 Å². The van der Waals surface area contributed by atoms with Gasteiger partial charge < -0.3 is 10.8 Å². The molecule has 0 aliphatic rings. The lowest BCUT2D eigenvalue weighted by Gasteiger charge is -2.21. The van der Waals surface area contributed by atoms with Crippen LogP contribution < -0.4 is 5.73 Å². The zero-order valence-electron chi connectivity index (χ0n) is 7.25. The van der Waals surface area contributed by atoms with E-state index in [1.165, 1.54) is 18.2 Å². The minimum absolute atomic E-state index is 0.205. The first-order valence-electron chi connectivity index (χ1n) is 3.97. The number of aliphatic hydroxyl groups is 1. The molecule has 0 saturated heterocycles. The van der Waals surface area contributed by atoms with Crippen LogP contribution in [0.5, 0.6) is 0 Å². The van der Waals surface area contributed by atoms with Crippen molar-refractivity contribution < 1.29 is 13.9 Å². The van der Waals surface area contributed by atoms with Gasteiger partial charge in [0.15, 0.2) is 0 Å². The summed E-state index contributed by atoms with van der Waals surface area (Å²) in [7, 11) is 0. The van der Waals surface area contributed by atoms with E-state index in [4.69, 9.17) is 22.4 Å². The number of hydrogen-bond acceptors (Lipinski definition) is 2. The Hall–Kier alpha value is -0.710. The number of benzene rings is 1. The number of rotatable bonds is 3. The molecule has 0 radical (unpaired) electrons. The summed E-state index contributed by atoms with van der Waals surface area (Å²) in [5, 5.41) is 8.77. The van der Waals surface area contributed by atoms with Crippen molar-refractivity contribution in [1.29, 1.82) is 0 Å². The number of halogens is 3. The Morgan fingerprint density at radius 1 is 1.50 bits per heavy atom. The van der Waals surface area contributed by atoms with Crippen molar-refractivity contribution in [2.45, 2.75) is 12.0 Å². The second-order valence-electron chi connectivity index (χ2n) is 2.95. The summed E-state index contributed by atoms with van der Waals surface area (Å²) >= 11 is 5.62. The van der Waals surface area contributed by atoms with Gasteiger partial charge in [0.2, 0.25) is 0 Å². The van der Waals surface area contributed by atoms with Gasteiger partial charge in [-0.05, 0) is 17.7 Å². The molecular formula is C9H10ClF2NO. The van der Waals surface area contributed by atoms with E-state index < -0.39 is 18.6 Å². The molecule has 0 amide bonds. The molecule has 2 nitrogen and oxygen atoms in total. The Kier molecular flexibility index (Phi) is 3.42. The number of hydrogen-bond donors (Lipinski definition) is 2. The topological polar surface area (TPSA) is 46.2 Å². The van der Waals surface area contributed by atoms with Gasteiger partial charge in [0.1, 0.15) is 6.61 Å². The van der Waals surface area contributed by atoms with Crippen LogP contribution >= 0.6 is 11.6 Å². The lowest BCUT2D eigenvalue weighted by atomic mass is 10.0. The summed E-state index contributed by atoms with van der Waals surface area (Å²) in [5.74, 6) is -3.33. The highest BCUT2D eigenvalue weighted by molar-refractivity contribution is 6.30. The van der Waals surface area contributed by atoms with Gasteiger partial charge in [-0.2, -0.15) is 0 Å². The van der Waals surface area contributed by atoms with Crippen LogP contribution in [0.2, 0.25) is 5.02 Å². The van der Waals surface area contributed by atoms with Crippen LogP contribution in [0.25, 0.3) is 0 Å². The van der Waals surface area contributed by atoms with Crippen LogP contribution in [0.4, 0.5) is 8.78 Å². The van der Waals surface area contributed by atoms with Gasteiger partial charge in [-0.1, -0.05) is 23.7 Å². The van der Waals surface area contributed by atoms with Crippen molar-refractivity contribution in [3.8, 4) is 0 Å². The summed E-state index contributed by atoms with van der Waals surface area (Å²) in [6, 6.07) is 4.36. The van der Waals surface area contributed by atoms with Gasteiger partial charge >= 0.3 is 0 Å². The second-order valence-corrected chi connectivity index (χ2v) is 3.39. The van der Waals surface area contributed by atoms with Crippen molar-refractivity contribution in [3.05, 3.63) is 34.9 Å². The number of aliphatic hydroxyl groups excluding tert-OH is 1. The SMILES string of the molecule is N[C@@H](c1cccc(Cl)c1)C(F)(F)CO. The molecule has 5 heteroatoms. The summed E-state index contributed by atoms with van der Waals surface area (Å²) in [6.45, 7) is -1.28. The molecule has 1 rings (SSSR count). The highest BCUT2D eigenvalue weighted by Crippen LogP contribution is 2.29. The first kappa shape index (κ1) is 11.4. The van der Waals surface area contributed by atoms with E-state index in [1.54, 1.807) is 6.07 Å². The highest BCUT2D eigenvalue weighted by atomic mass is 35.5. The van der Waals surface area contributed by atoms with Crippen molar-refractivity contribution in [2.24, 2.45) is 5.73 Å². The molecule has 0 bridgehead atoms. The summed E-state index contributed by atoms with van der Waals surface area (Å²) < 4.78 is 25.9. The molecule has 0 saturated carbocycles.